The Morgan fingerprint density at radius 3 is 2.15 bits per heavy atom. The number of allylic oxidation sites excluding steroid dienone is 4. The molecule has 4 heteroatoms. The van der Waals surface area contributed by atoms with E-state index in [9.17, 15) is 14.4 Å². The monoisotopic (exact) mass is 374 g/mol. The predicted molar refractivity (Wildman–Crippen MR) is 106 cm³/mol. The molecule has 0 aromatic carbocycles. The van der Waals surface area contributed by atoms with Crippen molar-refractivity contribution in [1.82, 2.24) is 0 Å². The summed E-state index contributed by atoms with van der Waals surface area (Å²) in [5, 5.41) is 0. The van der Waals surface area contributed by atoms with E-state index in [1.54, 1.807) is 0 Å². The molecule has 0 heterocycles. The molecule has 2 rings (SSSR count). The van der Waals surface area contributed by atoms with Crippen molar-refractivity contribution >= 4 is 17.5 Å². The van der Waals surface area contributed by atoms with Crippen LogP contribution in [-0.2, 0) is 19.1 Å². The second kappa shape index (κ2) is 11.2. The Kier molecular flexibility index (Phi) is 8.96. The van der Waals surface area contributed by atoms with E-state index in [4.69, 9.17) is 4.74 Å². The summed E-state index contributed by atoms with van der Waals surface area (Å²) >= 11 is 0. The second-order valence-electron chi connectivity index (χ2n) is 7.86. The Labute approximate surface area is 163 Å². The Bertz CT molecular complexity index is 575. The van der Waals surface area contributed by atoms with Crippen LogP contribution in [0, 0.1) is 23.7 Å². The Morgan fingerprint density at radius 2 is 1.48 bits per heavy atom. The smallest absolute Gasteiger partial charge is 0.306 e. The van der Waals surface area contributed by atoms with E-state index >= 15 is 0 Å². The first kappa shape index (κ1) is 21.6. The molecule has 0 aliphatic heterocycles. The summed E-state index contributed by atoms with van der Waals surface area (Å²) in [6.07, 6.45) is 15.0. The fraction of sp³-hybridized carbons (Fsp3) is 0.696. The molecule has 4 atom stereocenters. The van der Waals surface area contributed by atoms with Crippen LogP contribution in [-0.4, -0.2) is 24.1 Å². The van der Waals surface area contributed by atoms with Crippen molar-refractivity contribution in [2.24, 2.45) is 23.7 Å². The summed E-state index contributed by atoms with van der Waals surface area (Å²) in [7, 11) is 0. The molecule has 0 amide bonds. The largest absolute Gasteiger partial charge is 0.465 e. The van der Waals surface area contributed by atoms with E-state index in [0.29, 0.717) is 12.8 Å². The molecule has 0 aromatic rings. The van der Waals surface area contributed by atoms with Gasteiger partial charge in [-0.05, 0) is 50.4 Å². The van der Waals surface area contributed by atoms with Crippen LogP contribution >= 0.6 is 0 Å². The van der Waals surface area contributed by atoms with Gasteiger partial charge in [-0.1, -0.05) is 38.2 Å². The molecule has 0 saturated heterocycles. The highest BCUT2D eigenvalue weighted by molar-refractivity contribution is 5.85. The van der Waals surface area contributed by atoms with E-state index in [-0.39, 0.29) is 54.2 Å². The third-order valence-electron chi connectivity index (χ3n) is 5.97. The van der Waals surface area contributed by atoms with Crippen molar-refractivity contribution in [2.75, 3.05) is 6.61 Å². The molecule has 2 fully saturated rings. The van der Waals surface area contributed by atoms with Crippen molar-refractivity contribution in [3.05, 3.63) is 24.3 Å². The molecule has 0 N–H and O–H groups in total. The van der Waals surface area contributed by atoms with E-state index in [0.717, 1.165) is 38.5 Å². The van der Waals surface area contributed by atoms with Gasteiger partial charge in [-0.3, -0.25) is 14.4 Å². The number of ether oxygens (including phenoxy) is 1. The first-order valence-corrected chi connectivity index (χ1v) is 10.6. The maximum Gasteiger partial charge on any atom is 0.306 e. The number of hydrogen-bond donors (Lipinski definition) is 0. The summed E-state index contributed by atoms with van der Waals surface area (Å²) < 4.78 is 5.49. The summed E-state index contributed by atoms with van der Waals surface area (Å²) in [5.74, 6) is 0.367. The maximum atomic E-state index is 12.3. The zero-order valence-electron chi connectivity index (χ0n) is 16.8. The van der Waals surface area contributed by atoms with Crippen LogP contribution in [0.4, 0.5) is 0 Å². The lowest BCUT2D eigenvalue weighted by Crippen LogP contribution is -2.24. The maximum absolute atomic E-state index is 12.3. The number of carbonyl (C=O) groups is 3. The Morgan fingerprint density at radius 1 is 0.889 bits per heavy atom. The molecule has 150 valence electrons. The minimum absolute atomic E-state index is 0.0552. The number of carbonyl (C=O) groups excluding carboxylic acids is 3. The molecule has 4 unspecified atom stereocenters. The van der Waals surface area contributed by atoms with Gasteiger partial charge in [0, 0.05) is 25.2 Å². The lowest BCUT2D eigenvalue weighted by atomic mass is 9.89. The van der Waals surface area contributed by atoms with Crippen molar-refractivity contribution in [3.8, 4) is 0 Å². The molecule has 0 bridgehead atoms. The highest BCUT2D eigenvalue weighted by Crippen LogP contribution is 2.35. The van der Waals surface area contributed by atoms with Gasteiger partial charge >= 0.3 is 5.97 Å². The van der Waals surface area contributed by atoms with Crippen molar-refractivity contribution in [2.45, 2.75) is 71.6 Å². The van der Waals surface area contributed by atoms with Crippen LogP contribution in [0.3, 0.4) is 0 Å². The summed E-state index contributed by atoms with van der Waals surface area (Å²) in [6.45, 7) is 4.36. The van der Waals surface area contributed by atoms with Crippen LogP contribution in [0.2, 0.25) is 0 Å². The van der Waals surface area contributed by atoms with Gasteiger partial charge < -0.3 is 4.74 Å². The number of Topliss-reactive ketones (excluding diaryl/α,β-unsaturated/α-hetero) is 2. The first-order chi connectivity index (χ1) is 13.1. The predicted octanol–water partition coefficient (Wildman–Crippen LogP) is 4.82. The van der Waals surface area contributed by atoms with Gasteiger partial charge in [-0.2, -0.15) is 0 Å². The number of hydrogen-bond acceptors (Lipinski definition) is 4. The summed E-state index contributed by atoms with van der Waals surface area (Å²) in [6, 6.07) is 0. The molecule has 0 aromatic heterocycles. The summed E-state index contributed by atoms with van der Waals surface area (Å²) in [4.78, 5) is 36.6. The van der Waals surface area contributed by atoms with Crippen LogP contribution in [0.25, 0.3) is 0 Å². The SMILES string of the molecule is CC/C=C\CC1CCC(=O)C1COC(=O)CC1CCC(=O)C1C/C=C\CC. The van der Waals surface area contributed by atoms with Crippen LogP contribution in [0.1, 0.15) is 71.6 Å². The minimum atomic E-state index is -0.262. The Balaban J connectivity index is 1.82. The van der Waals surface area contributed by atoms with Gasteiger partial charge in [0.05, 0.1) is 5.92 Å². The zero-order valence-corrected chi connectivity index (χ0v) is 16.8. The molecule has 4 nitrogen and oxygen atoms in total. The molecule has 27 heavy (non-hydrogen) atoms. The fourth-order valence-electron chi connectivity index (χ4n) is 4.34. The van der Waals surface area contributed by atoms with E-state index in [1.165, 1.54) is 0 Å². The number of rotatable bonds is 10. The molecular weight excluding hydrogens is 340 g/mol. The standard InChI is InChI=1S/C23H34O4/c1-3-5-7-9-17-11-13-22(25)20(17)16-27-23(26)15-18-12-14-21(24)19(18)10-8-6-4-2/h5-8,17-20H,3-4,9-16H2,1-2H3/b7-5-,8-6-. The molecule has 2 saturated carbocycles. The molecule has 2 aliphatic carbocycles. The van der Waals surface area contributed by atoms with Crippen molar-refractivity contribution in [1.29, 1.82) is 0 Å². The Hall–Kier alpha value is -1.71. The third-order valence-corrected chi connectivity index (χ3v) is 5.97. The van der Waals surface area contributed by atoms with Gasteiger partial charge in [0.2, 0.25) is 0 Å². The quantitative estimate of drug-likeness (QED) is 0.406. The van der Waals surface area contributed by atoms with Crippen LogP contribution < -0.4 is 0 Å². The zero-order chi connectivity index (χ0) is 19.6. The minimum Gasteiger partial charge on any atom is -0.465 e. The summed E-state index contributed by atoms with van der Waals surface area (Å²) in [5.41, 5.74) is 0. The van der Waals surface area contributed by atoms with Gasteiger partial charge in [-0.25, -0.2) is 0 Å². The molecular formula is C23H34O4. The molecule has 0 radical (unpaired) electrons. The average molecular weight is 375 g/mol. The third kappa shape index (κ3) is 6.44. The van der Waals surface area contributed by atoms with Gasteiger partial charge in [0.15, 0.2) is 0 Å². The highest BCUT2D eigenvalue weighted by atomic mass is 16.5. The molecule has 2 aliphatic rings. The topological polar surface area (TPSA) is 60.4 Å². The van der Waals surface area contributed by atoms with E-state index < -0.39 is 0 Å². The van der Waals surface area contributed by atoms with Gasteiger partial charge in [-0.15, -0.1) is 0 Å². The number of esters is 1. The molecule has 0 spiro atoms. The lowest BCUT2D eigenvalue weighted by molar-refractivity contribution is -0.147. The average Bonchev–Trinajstić information content (AvgIpc) is 3.17. The first-order valence-electron chi connectivity index (χ1n) is 10.6. The second-order valence-corrected chi connectivity index (χ2v) is 7.86. The van der Waals surface area contributed by atoms with Crippen molar-refractivity contribution in [3.63, 3.8) is 0 Å². The van der Waals surface area contributed by atoms with E-state index in [2.05, 4.69) is 38.2 Å². The van der Waals surface area contributed by atoms with Gasteiger partial charge in [0.25, 0.3) is 0 Å². The highest BCUT2D eigenvalue weighted by Gasteiger charge is 2.37. The van der Waals surface area contributed by atoms with Gasteiger partial charge in [0.1, 0.15) is 18.2 Å². The van der Waals surface area contributed by atoms with Crippen LogP contribution in [0.5, 0.6) is 0 Å². The van der Waals surface area contributed by atoms with E-state index in [1.807, 2.05) is 0 Å². The fourth-order valence-corrected chi connectivity index (χ4v) is 4.34. The number of ketones is 2. The van der Waals surface area contributed by atoms with Crippen molar-refractivity contribution < 1.29 is 19.1 Å². The van der Waals surface area contributed by atoms with Crippen LogP contribution in [0.15, 0.2) is 24.3 Å². The normalized spacial score (nSPS) is 28.7. The lowest BCUT2D eigenvalue weighted by Gasteiger charge is -2.19.